The molecule has 2 rings (SSSR count). The van der Waals surface area contributed by atoms with Gasteiger partial charge in [0.15, 0.2) is 0 Å². The van der Waals surface area contributed by atoms with E-state index >= 15 is 0 Å². The normalized spacial score (nSPS) is 9.60. The Hall–Kier alpha value is -0.830. The van der Waals surface area contributed by atoms with Crippen LogP contribution in [0.25, 0.3) is 10.8 Å². The maximum atomic E-state index is 10.6. The smallest absolute Gasteiger partial charge is 0.307 e. The Labute approximate surface area is 110 Å². The van der Waals surface area contributed by atoms with E-state index in [0.717, 1.165) is 16.3 Å². The van der Waals surface area contributed by atoms with Crippen molar-refractivity contribution in [3.63, 3.8) is 0 Å². The third-order valence-corrected chi connectivity index (χ3v) is 2.22. The largest absolute Gasteiger partial charge is 0.481 e. The Morgan fingerprint density at radius 1 is 1.07 bits per heavy atom. The van der Waals surface area contributed by atoms with Gasteiger partial charge < -0.3 is 5.11 Å². The van der Waals surface area contributed by atoms with E-state index in [1.54, 1.807) is 0 Å². The maximum absolute atomic E-state index is 10.6. The zero-order chi connectivity index (χ0) is 9.97. The predicted molar refractivity (Wildman–Crippen MR) is 61.0 cm³/mol. The minimum absolute atomic E-state index is 0. The second-order valence-electron chi connectivity index (χ2n) is 3.21. The fourth-order valence-corrected chi connectivity index (χ4v) is 1.61. The first kappa shape index (κ1) is 12.2. The van der Waals surface area contributed by atoms with Crippen LogP contribution in [0.2, 0.25) is 0 Å². The standard InChI is InChI=1S/C12H10O2.Na/c13-12(14)8-10-6-3-5-9-4-1-2-7-11(9)10;/h1-7H,8H2,(H,13,14);. The van der Waals surface area contributed by atoms with Crippen LogP contribution in [0.3, 0.4) is 0 Å². The molecule has 2 aromatic carbocycles. The third kappa shape index (κ3) is 2.81. The number of fused-ring (bicyclic) bond motifs is 1. The summed E-state index contributed by atoms with van der Waals surface area (Å²) in [6.07, 6.45) is 0.0847. The van der Waals surface area contributed by atoms with Crippen LogP contribution >= 0.6 is 0 Å². The van der Waals surface area contributed by atoms with Gasteiger partial charge in [-0.15, -0.1) is 0 Å². The minimum atomic E-state index is -0.790. The van der Waals surface area contributed by atoms with Crippen LogP contribution in [0.5, 0.6) is 0 Å². The Kier molecular flexibility index (Phi) is 4.33. The van der Waals surface area contributed by atoms with Crippen LogP contribution in [-0.4, -0.2) is 40.6 Å². The average Bonchev–Trinajstić information content (AvgIpc) is 2.18. The fourth-order valence-electron chi connectivity index (χ4n) is 1.61. The summed E-state index contributed by atoms with van der Waals surface area (Å²) in [5, 5.41) is 10.8. The summed E-state index contributed by atoms with van der Waals surface area (Å²) in [4.78, 5) is 10.6. The van der Waals surface area contributed by atoms with Gasteiger partial charge >= 0.3 is 5.97 Å². The molecule has 0 spiro atoms. The first-order valence-electron chi connectivity index (χ1n) is 4.46. The molecule has 0 aliphatic heterocycles. The fraction of sp³-hybridized carbons (Fsp3) is 0.0833. The number of rotatable bonds is 2. The molecule has 0 aliphatic carbocycles. The van der Waals surface area contributed by atoms with Crippen molar-refractivity contribution in [2.24, 2.45) is 0 Å². The molecule has 0 heterocycles. The molecule has 71 valence electrons. The summed E-state index contributed by atoms with van der Waals surface area (Å²) >= 11 is 0. The molecule has 0 fully saturated rings. The van der Waals surface area contributed by atoms with Crippen LogP contribution in [0.4, 0.5) is 0 Å². The SMILES string of the molecule is O=C(O)Cc1cccc2ccccc12.[Na]. The summed E-state index contributed by atoms with van der Waals surface area (Å²) in [6, 6.07) is 13.5. The molecule has 15 heavy (non-hydrogen) atoms. The summed E-state index contributed by atoms with van der Waals surface area (Å²) in [6.45, 7) is 0. The van der Waals surface area contributed by atoms with Crippen LogP contribution in [0, 0.1) is 0 Å². The number of carbonyl (C=O) groups is 1. The van der Waals surface area contributed by atoms with Crippen molar-refractivity contribution in [2.45, 2.75) is 6.42 Å². The first-order chi connectivity index (χ1) is 6.77. The number of hydrogen-bond donors (Lipinski definition) is 1. The number of benzene rings is 2. The second-order valence-corrected chi connectivity index (χ2v) is 3.21. The van der Waals surface area contributed by atoms with Gasteiger partial charge in [0.25, 0.3) is 0 Å². The van der Waals surface area contributed by atoms with Gasteiger partial charge in [0.05, 0.1) is 6.42 Å². The van der Waals surface area contributed by atoms with Gasteiger partial charge in [0.2, 0.25) is 0 Å². The molecule has 0 aromatic heterocycles. The molecule has 0 bridgehead atoms. The van der Waals surface area contributed by atoms with E-state index in [0.29, 0.717) is 0 Å². The zero-order valence-electron chi connectivity index (χ0n) is 8.60. The molecule has 1 radical (unpaired) electrons. The Morgan fingerprint density at radius 3 is 2.47 bits per heavy atom. The van der Waals surface area contributed by atoms with Crippen molar-refractivity contribution in [3.05, 3.63) is 48.0 Å². The maximum Gasteiger partial charge on any atom is 0.307 e. The zero-order valence-corrected chi connectivity index (χ0v) is 10.6. The van der Waals surface area contributed by atoms with E-state index in [2.05, 4.69) is 0 Å². The summed E-state index contributed by atoms with van der Waals surface area (Å²) < 4.78 is 0. The van der Waals surface area contributed by atoms with Gasteiger partial charge in [-0.05, 0) is 16.3 Å². The van der Waals surface area contributed by atoms with Crippen molar-refractivity contribution >= 4 is 46.3 Å². The van der Waals surface area contributed by atoms with Crippen LogP contribution in [0.15, 0.2) is 42.5 Å². The minimum Gasteiger partial charge on any atom is -0.481 e. The molecule has 3 heteroatoms. The quantitative estimate of drug-likeness (QED) is 0.769. The predicted octanol–water partition coefficient (Wildman–Crippen LogP) is 2.09. The number of carboxylic acid groups (broad SMARTS) is 1. The molecule has 0 amide bonds. The van der Waals surface area contributed by atoms with E-state index in [9.17, 15) is 4.79 Å². The summed E-state index contributed by atoms with van der Waals surface area (Å²) in [7, 11) is 0. The summed E-state index contributed by atoms with van der Waals surface area (Å²) in [5.74, 6) is -0.790. The molecular weight excluding hydrogens is 199 g/mol. The topological polar surface area (TPSA) is 37.3 Å². The van der Waals surface area contributed by atoms with E-state index in [4.69, 9.17) is 5.11 Å². The molecule has 0 aliphatic rings. The molecular formula is C12H10NaO2. The molecule has 0 saturated carbocycles. The third-order valence-electron chi connectivity index (χ3n) is 2.22. The van der Waals surface area contributed by atoms with E-state index in [-0.39, 0.29) is 36.0 Å². The van der Waals surface area contributed by atoms with Crippen molar-refractivity contribution in [3.8, 4) is 0 Å². The molecule has 2 nitrogen and oxygen atoms in total. The van der Waals surface area contributed by atoms with Gasteiger partial charge in [-0.25, -0.2) is 0 Å². The molecule has 0 saturated heterocycles. The Balaban J connectivity index is 0.00000112. The van der Waals surface area contributed by atoms with E-state index in [1.165, 1.54) is 0 Å². The average molecular weight is 209 g/mol. The van der Waals surface area contributed by atoms with E-state index in [1.807, 2.05) is 42.5 Å². The van der Waals surface area contributed by atoms with Crippen molar-refractivity contribution < 1.29 is 9.90 Å². The van der Waals surface area contributed by atoms with E-state index < -0.39 is 5.97 Å². The van der Waals surface area contributed by atoms with Crippen LogP contribution < -0.4 is 0 Å². The van der Waals surface area contributed by atoms with Crippen molar-refractivity contribution in [1.82, 2.24) is 0 Å². The molecule has 2 aromatic rings. The number of carboxylic acids is 1. The van der Waals surface area contributed by atoms with Gasteiger partial charge in [-0.3, -0.25) is 4.79 Å². The molecule has 0 atom stereocenters. The van der Waals surface area contributed by atoms with Crippen LogP contribution in [-0.2, 0) is 11.2 Å². The van der Waals surface area contributed by atoms with Crippen molar-refractivity contribution in [1.29, 1.82) is 0 Å². The number of aliphatic carboxylic acids is 1. The van der Waals surface area contributed by atoms with Gasteiger partial charge in [0, 0.05) is 29.6 Å². The van der Waals surface area contributed by atoms with Crippen molar-refractivity contribution in [2.75, 3.05) is 0 Å². The summed E-state index contributed by atoms with van der Waals surface area (Å²) in [5.41, 5.74) is 0.871. The van der Waals surface area contributed by atoms with Gasteiger partial charge in [-0.1, -0.05) is 42.5 Å². The monoisotopic (exact) mass is 209 g/mol. The first-order valence-corrected chi connectivity index (χ1v) is 4.46. The van der Waals surface area contributed by atoms with Gasteiger partial charge in [0.1, 0.15) is 0 Å². The number of hydrogen-bond acceptors (Lipinski definition) is 1. The molecule has 1 N–H and O–H groups in total. The Morgan fingerprint density at radius 2 is 1.73 bits per heavy atom. The van der Waals surface area contributed by atoms with Gasteiger partial charge in [-0.2, -0.15) is 0 Å². The second kappa shape index (κ2) is 5.31. The van der Waals surface area contributed by atoms with Crippen LogP contribution in [0.1, 0.15) is 5.56 Å². The molecule has 0 unspecified atom stereocenters. The Bertz CT molecular complexity index is 475.